The molecule has 0 aliphatic heterocycles. The van der Waals surface area contributed by atoms with Crippen molar-refractivity contribution in [2.45, 2.75) is 20.0 Å². The molecule has 3 N–H and O–H groups in total. The molecule has 0 spiro atoms. The molecule has 29 heavy (non-hydrogen) atoms. The number of halogens is 1. The van der Waals surface area contributed by atoms with E-state index in [1.54, 1.807) is 49.4 Å². The Bertz CT molecular complexity index is 886. The molecule has 0 aromatic heterocycles. The van der Waals surface area contributed by atoms with Gasteiger partial charge in [0, 0.05) is 16.3 Å². The zero-order valence-corrected chi connectivity index (χ0v) is 16.3. The van der Waals surface area contributed by atoms with Crippen LogP contribution in [0.2, 0.25) is 5.02 Å². The lowest BCUT2D eigenvalue weighted by molar-refractivity contribution is -0.154. The Morgan fingerprint density at radius 3 is 2.45 bits per heavy atom. The molecule has 2 aromatic rings. The van der Waals surface area contributed by atoms with Crippen LogP contribution in [0, 0.1) is 5.92 Å². The number of carboxylic acid groups (broad SMARTS) is 2. The number of carbonyl (C=O) groups excluding carboxylic acids is 1. The minimum atomic E-state index is -1.58. The molecule has 0 heterocycles. The van der Waals surface area contributed by atoms with E-state index >= 15 is 0 Å². The van der Waals surface area contributed by atoms with E-state index < -0.39 is 23.9 Å². The summed E-state index contributed by atoms with van der Waals surface area (Å²) in [5.74, 6) is -3.97. The predicted molar refractivity (Wildman–Crippen MR) is 105 cm³/mol. The van der Waals surface area contributed by atoms with E-state index in [-0.39, 0.29) is 13.0 Å². The Hall–Kier alpha value is -3.26. The van der Waals surface area contributed by atoms with Gasteiger partial charge in [0.1, 0.15) is 12.4 Å². The first-order chi connectivity index (χ1) is 13.8. The lowest BCUT2D eigenvalue weighted by Gasteiger charge is -2.14. The molecule has 1 amide bonds. The van der Waals surface area contributed by atoms with Gasteiger partial charge in [0.05, 0.1) is 6.61 Å². The van der Waals surface area contributed by atoms with Crippen molar-refractivity contribution in [1.82, 2.24) is 0 Å². The molecule has 8 nitrogen and oxygen atoms in total. The van der Waals surface area contributed by atoms with Gasteiger partial charge in [0.25, 0.3) is 0 Å². The molecule has 0 saturated heterocycles. The zero-order valence-electron chi connectivity index (χ0n) is 15.6. The maximum atomic E-state index is 12.0. The minimum absolute atomic E-state index is 0.152. The first-order valence-electron chi connectivity index (χ1n) is 8.69. The predicted octanol–water partition coefficient (Wildman–Crippen LogP) is 3.82. The van der Waals surface area contributed by atoms with Crippen LogP contribution < -0.4 is 10.1 Å². The molecule has 0 aliphatic rings. The van der Waals surface area contributed by atoms with Crippen LogP contribution in [0.4, 0.5) is 10.5 Å². The Balaban J connectivity index is 2.11. The minimum Gasteiger partial charge on any atom is -0.493 e. The third kappa shape index (κ3) is 6.69. The second kappa shape index (κ2) is 10.3. The molecule has 154 valence electrons. The molecular weight excluding hydrogens is 402 g/mol. The number of ether oxygens (including phenoxy) is 2. The van der Waals surface area contributed by atoms with Crippen LogP contribution in [0.3, 0.4) is 0 Å². The molecule has 0 atom stereocenters. The number of nitrogens with one attached hydrogen (secondary N) is 1. The highest BCUT2D eigenvalue weighted by molar-refractivity contribution is 6.30. The molecule has 0 bridgehead atoms. The van der Waals surface area contributed by atoms with Gasteiger partial charge in [-0.05, 0) is 49.2 Å². The smallest absolute Gasteiger partial charge is 0.411 e. The first-order valence-corrected chi connectivity index (χ1v) is 9.07. The second-order valence-electron chi connectivity index (χ2n) is 6.02. The molecule has 2 rings (SSSR count). The molecule has 0 fully saturated rings. The van der Waals surface area contributed by atoms with Gasteiger partial charge in [0.15, 0.2) is 5.92 Å². The number of hydrogen-bond donors (Lipinski definition) is 3. The molecule has 0 aliphatic carbocycles. The summed E-state index contributed by atoms with van der Waals surface area (Å²) in [5, 5.41) is 21.1. The number of carboxylic acids is 2. The monoisotopic (exact) mass is 421 g/mol. The zero-order chi connectivity index (χ0) is 21.4. The van der Waals surface area contributed by atoms with Crippen LogP contribution >= 0.6 is 11.6 Å². The van der Waals surface area contributed by atoms with Crippen molar-refractivity contribution in [3.05, 3.63) is 58.6 Å². The van der Waals surface area contributed by atoms with Gasteiger partial charge in [0.2, 0.25) is 0 Å². The third-order valence-corrected chi connectivity index (χ3v) is 4.13. The Morgan fingerprint density at radius 1 is 1.10 bits per heavy atom. The number of hydrogen-bond acceptors (Lipinski definition) is 5. The van der Waals surface area contributed by atoms with Gasteiger partial charge < -0.3 is 19.7 Å². The number of rotatable bonds is 9. The fraction of sp³-hybridized carbons (Fsp3) is 0.250. The molecule has 9 heteroatoms. The number of anilines is 1. The van der Waals surface area contributed by atoms with Crippen molar-refractivity contribution in [3.63, 3.8) is 0 Å². The summed E-state index contributed by atoms with van der Waals surface area (Å²) < 4.78 is 10.7. The second-order valence-corrected chi connectivity index (χ2v) is 6.46. The van der Waals surface area contributed by atoms with Crippen molar-refractivity contribution in [3.8, 4) is 5.75 Å². The van der Waals surface area contributed by atoms with Crippen LogP contribution in [0.15, 0.2) is 42.5 Å². The SMILES string of the molecule is CCOc1ccc(CC(C(=O)O)C(=O)O)cc1COC(=O)Nc1cccc(Cl)c1. The van der Waals surface area contributed by atoms with Crippen molar-refractivity contribution in [2.24, 2.45) is 5.92 Å². The van der Waals surface area contributed by atoms with Gasteiger partial charge in [-0.1, -0.05) is 23.7 Å². The fourth-order valence-corrected chi connectivity index (χ4v) is 2.74. The maximum Gasteiger partial charge on any atom is 0.411 e. The summed E-state index contributed by atoms with van der Waals surface area (Å²) in [6.07, 6.45) is -0.923. The number of carbonyl (C=O) groups is 3. The van der Waals surface area contributed by atoms with Gasteiger partial charge in [-0.15, -0.1) is 0 Å². The average molecular weight is 422 g/mol. The van der Waals surface area contributed by atoms with E-state index in [9.17, 15) is 14.4 Å². The highest BCUT2D eigenvalue weighted by atomic mass is 35.5. The molecule has 0 saturated carbocycles. The topological polar surface area (TPSA) is 122 Å². The Kier molecular flexibility index (Phi) is 7.85. The third-order valence-electron chi connectivity index (χ3n) is 3.89. The summed E-state index contributed by atoms with van der Waals surface area (Å²) in [5.41, 5.74) is 1.42. The van der Waals surface area contributed by atoms with Gasteiger partial charge in [-0.25, -0.2) is 4.79 Å². The van der Waals surface area contributed by atoms with E-state index in [1.165, 1.54) is 0 Å². The quantitative estimate of drug-likeness (QED) is 0.526. The van der Waals surface area contributed by atoms with Crippen LogP contribution in [-0.2, 0) is 27.4 Å². The Labute approximate surface area is 172 Å². The molecule has 0 radical (unpaired) electrons. The Morgan fingerprint density at radius 2 is 1.83 bits per heavy atom. The van der Waals surface area contributed by atoms with Gasteiger partial charge in [-0.3, -0.25) is 14.9 Å². The molecule has 2 aromatic carbocycles. The fourth-order valence-electron chi connectivity index (χ4n) is 2.55. The standard InChI is InChI=1S/C20H20ClNO7/c1-2-28-17-7-6-12(9-16(18(23)24)19(25)26)8-13(17)11-29-20(27)22-15-5-3-4-14(21)10-15/h3-8,10,16H,2,9,11H2,1H3,(H,22,27)(H,23,24)(H,25,26). The summed E-state index contributed by atoms with van der Waals surface area (Å²) in [4.78, 5) is 34.3. The van der Waals surface area contributed by atoms with Crippen molar-refractivity contribution < 1.29 is 34.1 Å². The van der Waals surface area contributed by atoms with Crippen LogP contribution in [0.1, 0.15) is 18.1 Å². The summed E-state index contributed by atoms with van der Waals surface area (Å²) in [6.45, 7) is 2.00. The van der Waals surface area contributed by atoms with E-state index in [0.29, 0.717) is 34.2 Å². The van der Waals surface area contributed by atoms with E-state index in [2.05, 4.69) is 5.32 Å². The van der Waals surface area contributed by atoms with Crippen molar-refractivity contribution in [1.29, 1.82) is 0 Å². The number of amides is 1. The van der Waals surface area contributed by atoms with Gasteiger partial charge >= 0.3 is 18.0 Å². The first kappa shape index (κ1) is 22.0. The van der Waals surface area contributed by atoms with Crippen molar-refractivity contribution in [2.75, 3.05) is 11.9 Å². The van der Waals surface area contributed by atoms with Crippen molar-refractivity contribution >= 4 is 35.3 Å². The summed E-state index contributed by atoms with van der Waals surface area (Å²) in [7, 11) is 0. The van der Waals surface area contributed by atoms with Crippen LogP contribution in [-0.4, -0.2) is 34.9 Å². The largest absolute Gasteiger partial charge is 0.493 e. The maximum absolute atomic E-state index is 12.0. The van der Waals surface area contributed by atoms with Crippen LogP contribution in [0.5, 0.6) is 5.75 Å². The number of benzene rings is 2. The normalized spacial score (nSPS) is 10.4. The highest BCUT2D eigenvalue weighted by Crippen LogP contribution is 2.24. The summed E-state index contributed by atoms with van der Waals surface area (Å²) >= 11 is 5.87. The average Bonchev–Trinajstić information content (AvgIpc) is 2.65. The lowest BCUT2D eigenvalue weighted by atomic mass is 9.98. The number of aliphatic carboxylic acids is 2. The van der Waals surface area contributed by atoms with E-state index in [1.807, 2.05) is 0 Å². The molecule has 0 unspecified atom stereocenters. The lowest BCUT2D eigenvalue weighted by Crippen LogP contribution is -2.25. The van der Waals surface area contributed by atoms with E-state index in [0.717, 1.165) is 0 Å². The van der Waals surface area contributed by atoms with Crippen LogP contribution in [0.25, 0.3) is 0 Å². The highest BCUT2D eigenvalue weighted by Gasteiger charge is 2.26. The van der Waals surface area contributed by atoms with Gasteiger partial charge in [-0.2, -0.15) is 0 Å². The summed E-state index contributed by atoms with van der Waals surface area (Å²) in [6, 6.07) is 11.3. The molecular formula is C20H20ClNO7. The van der Waals surface area contributed by atoms with E-state index in [4.69, 9.17) is 31.3 Å².